The number of epoxide rings is 1. The highest BCUT2D eigenvalue weighted by molar-refractivity contribution is 5.30. The van der Waals surface area contributed by atoms with Crippen molar-refractivity contribution >= 4 is 0 Å². The number of benzene rings is 1. The van der Waals surface area contributed by atoms with Crippen molar-refractivity contribution in [3.8, 4) is 0 Å². The molecule has 2 aliphatic rings. The van der Waals surface area contributed by atoms with Crippen LogP contribution in [0.4, 0.5) is 8.78 Å². The summed E-state index contributed by atoms with van der Waals surface area (Å²) in [5, 5.41) is 0. The van der Waals surface area contributed by atoms with E-state index >= 15 is 0 Å². The smallest absolute Gasteiger partial charge is 0.158 e. The molecule has 3 nitrogen and oxygen atoms in total. The van der Waals surface area contributed by atoms with Crippen molar-refractivity contribution in [2.24, 2.45) is 0 Å². The van der Waals surface area contributed by atoms with E-state index in [4.69, 9.17) is 14.2 Å². The number of hydrogen-bond donors (Lipinski definition) is 0. The maximum absolute atomic E-state index is 13.9. The van der Waals surface area contributed by atoms with Crippen LogP contribution in [0, 0.1) is 11.6 Å². The molecule has 3 atom stereocenters. The largest absolute Gasteiger partial charge is 0.362 e. The molecular formula is C15H18F2O3. The average Bonchev–Trinajstić information content (AvgIpc) is 3.24. The Labute approximate surface area is 116 Å². The summed E-state index contributed by atoms with van der Waals surface area (Å²) in [6.07, 6.45) is 2.25. The molecule has 0 bridgehead atoms. The third-order valence-electron chi connectivity index (χ3n) is 3.99. The van der Waals surface area contributed by atoms with Gasteiger partial charge in [-0.3, -0.25) is 0 Å². The second-order valence-electron chi connectivity index (χ2n) is 5.38. The number of halogens is 2. The van der Waals surface area contributed by atoms with Gasteiger partial charge in [0.2, 0.25) is 0 Å². The van der Waals surface area contributed by atoms with Crippen molar-refractivity contribution < 1.29 is 23.0 Å². The molecule has 2 unspecified atom stereocenters. The second kappa shape index (κ2) is 5.39. The van der Waals surface area contributed by atoms with E-state index in [0.29, 0.717) is 13.2 Å². The van der Waals surface area contributed by atoms with E-state index in [2.05, 4.69) is 0 Å². The van der Waals surface area contributed by atoms with Gasteiger partial charge in [-0.05, 0) is 44.4 Å². The fourth-order valence-corrected chi connectivity index (χ4v) is 2.66. The average molecular weight is 284 g/mol. The molecule has 0 N–H and O–H groups in total. The lowest BCUT2D eigenvalue weighted by Gasteiger charge is -2.29. The topological polar surface area (TPSA) is 31.0 Å². The van der Waals surface area contributed by atoms with Gasteiger partial charge in [-0.15, -0.1) is 0 Å². The second-order valence-corrected chi connectivity index (χ2v) is 5.38. The van der Waals surface area contributed by atoms with Crippen LogP contribution >= 0.6 is 0 Å². The van der Waals surface area contributed by atoms with Gasteiger partial charge in [0, 0.05) is 12.2 Å². The molecule has 110 valence electrons. The van der Waals surface area contributed by atoms with Gasteiger partial charge in [-0.1, -0.05) is 0 Å². The molecule has 5 heteroatoms. The summed E-state index contributed by atoms with van der Waals surface area (Å²) in [4.78, 5) is 0. The molecule has 0 aromatic heterocycles. The van der Waals surface area contributed by atoms with Crippen LogP contribution in [0.3, 0.4) is 0 Å². The molecule has 3 rings (SSSR count). The first-order chi connectivity index (χ1) is 9.62. The number of rotatable bonds is 4. The van der Waals surface area contributed by atoms with E-state index in [1.54, 1.807) is 0 Å². The van der Waals surface area contributed by atoms with Crippen LogP contribution in [-0.4, -0.2) is 25.6 Å². The van der Waals surface area contributed by atoms with Crippen LogP contribution in [-0.2, 0) is 19.8 Å². The summed E-state index contributed by atoms with van der Waals surface area (Å²) >= 11 is 0. The third-order valence-corrected chi connectivity index (χ3v) is 3.99. The Morgan fingerprint density at radius 3 is 2.80 bits per heavy atom. The summed E-state index contributed by atoms with van der Waals surface area (Å²) in [7, 11) is 0. The predicted octanol–water partition coefficient (Wildman–Crippen LogP) is 3.12. The zero-order valence-electron chi connectivity index (χ0n) is 11.4. The predicted molar refractivity (Wildman–Crippen MR) is 68.1 cm³/mol. The van der Waals surface area contributed by atoms with Gasteiger partial charge >= 0.3 is 0 Å². The highest BCUT2D eigenvalue weighted by Crippen LogP contribution is 2.45. The van der Waals surface area contributed by atoms with Crippen LogP contribution in [0.25, 0.3) is 0 Å². The summed E-state index contributed by atoms with van der Waals surface area (Å²) in [5.74, 6) is -0.943. The Morgan fingerprint density at radius 1 is 1.35 bits per heavy atom. The van der Waals surface area contributed by atoms with Gasteiger partial charge in [0.25, 0.3) is 0 Å². The van der Waals surface area contributed by atoms with Gasteiger partial charge in [-0.2, -0.15) is 0 Å². The van der Waals surface area contributed by atoms with E-state index in [1.807, 2.05) is 6.92 Å². The van der Waals surface area contributed by atoms with Crippen LogP contribution in [0.15, 0.2) is 18.2 Å². The number of ether oxygens (including phenoxy) is 3. The Morgan fingerprint density at radius 2 is 2.15 bits per heavy atom. The molecule has 2 saturated heterocycles. The molecule has 0 amide bonds. The Hall–Kier alpha value is -1.04. The monoisotopic (exact) mass is 284 g/mol. The molecular weight excluding hydrogens is 266 g/mol. The first-order valence-electron chi connectivity index (χ1n) is 6.98. The summed E-state index contributed by atoms with van der Waals surface area (Å²) < 4.78 is 44.0. The van der Waals surface area contributed by atoms with Crippen LogP contribution < -0.4 is 0 Å². The Bertz CT molecular complexity index is 482. The maximum atomic E-state index is 13.9. The first-order valence-corrected chi connectivity index (χ1v) is 6.98. The van der Waals surface area contributed by atoms with Crippen LogP contribution in [0.2, 0.25) is 0 Å². The van der Waals surface area contributed by atoms with Crippen molar-refractivity contribution in [3.05, 3.63) is 35.4 Å². The highest BCUT2D eigenvalue weighted by Gasteiger charge is 2.54. The Balaban J connectivity index is 1.75. The molecule has 0 radical (unpaired) electrons. The standard InChI is InChI=1S/C15H18F2O3/c1-10(20-14-4-2-3-7-18-14)15(9-19-15)12-8-11(16)5-6-13(12)17/h5-6,8,10,14H,2-4,7,9H2,1H3/t10-,14?,15?/m1/s1. The van der Waals surface area contributed by atoms with Gasteiger partial charge < -0.3 is 14.2 Å². The molecule has 2 fully saturated rings. The minimum absolute atomic E-state index is 0.223. The van der Waals surface area contributed by atoms with Crippen molar-refractivity contribution in [3.63, 3.8) is 0 Å². The minimum atomic E-state index is -0.882. The molecule has 20 heavy (non-hydrogen) atoms. The summed E-state index contributed by atoms with van der Waals surface area (Å²) in [6.45, 7) is 2.83. The van der Waals surface area contributed by atoms with E-state index in [9.17, 15) is 8.78 Å². The lowest BCUT2D eigenvalue weighted by Crippen LogP contribution is -2.35. The summed E-state index contributed by atoms with van der Waals surface area (Å²) in [5.41, 5.74) is -0.659. The van der Waals surface area contributed by atoms with Crippen molar-refractivity contribution in [2.75, 3.05) is 13.2 Å². The molecule has 2 aliphatic heterocycles. The van der Waals surface area contributed by atoms with E-state index < -0.39 is 17.2 Å². The molecule has 0 aliphatic carbocycles. The fourth-order valence-electron chi connectivity index (χ4n) is 2.66. The quantitative estimate of drug-likeness (QED) is 0.796. The van der Waals surface area contributed by atoms with E-state index in [-0.39, 0.29) is 18.0 Å². The van der Waals surface area contributed by atoms with Gasteiger partial charge in [0.1, 0.15) is 17.2 Å². The fraction of sp³-hybridized carbons (Fsp3) is 0.600. The zero-order chi connectivity index (χ0) is 14.2. The van der Waals surface area contributed by atoms with Gasteiger partial charge in [0.15, 0.2) is 6.29 Å². The SMILES string of the molecule is C[C@@H](OC1CCCCO1)C1(c2cc(F)ccc2F)CO1. The molecule has 1 aromatic carbocycles. The molecule has 2 heterocycles. The van der Waals surface area contributed by atoms with E-state index in [0.717, 1.165) is 31.4 Å². The maximum Gasteiger partial charge on any atom is 0.158 e. The van der Waals surface area contributed by atoms with Crippen molar-refractivity contribution in [2.45, 2.75) is 44.2 Å². The lowest BCUT2D eigenvalue weighted by molar-refractivity contribution is -0.197. The first kappa shape index (κ1) is 13.9. The third kappa shape index (κ3) is 2.57. The Kier molecular flexibility index (Phi) is 3.75. The van der Waals surface area contributed by atoms with Gasteiger partial charge in [0.05, 0.1) is 12.7 Å². The van der Waals surface area contributed by atoms with Crippen LogP contribution in [0.5, 0.6) is 0 Å². The lowest BCUT2D eigenvalue weighted by atomic mass is 9.94. The minimum Gasteiger partial charge on any atom is -0.362 e. The molecule has 0 saturated carbocycles. The molecule has 1 aromatic rings. The van der Waals surface area contributed by atoms with Crippen molar-refractivity contribution in [1.29, 1.82) is 0 Å². The normalized spacial score (nSPS) is 31.1. The van der Waals surface area contributed by atoms with E-state index in [1.165, 1.54) is 6.07 Å². The van der Waals surface area contributed by atoms with Gasteiger partial charge in [-0.25, -0.2) is 8.78 Å². The highest BCUT2D eigenvalue weighted by atomic mass is 19.1. The zero-order valence-corrected chi connectivity index (χ0v) is 11.4. The summed E-state index contributed by atoms with van der Waals surface area (Å²) in [6, 6.07) is 3.41. The molecule has 0 spiro atoms. The number of hydrogen-bond acceptors (Lipinski definition) is 3. The van der Waals surface area contributed by atoms with Crippen molar-refractivity contribution in [1.82, 2.24) is 0 Å². The van der Waals surface area contributed by atoms with Crippen LogP contribution in [0.1, 0.15) is 31.7 Å².